The molecule has 0 bridgehead atoms. The predicted octanol–water partition coefficient (Wildman–Crippen LogP) is 3.35. The Kier molecular flexibility index (Phi) is 4.87. The molecule has 0 fully saturated rings. The van der Waals surface area contributed by atoms with E-state index in [2.05, 4.69) is 15.6 Å². The van der Waals surface area contributed by atoms with Gasteiger partial charge in [0.2, 0.25) is 6.79 Å². The lowest BCUT2D eigenvalue weighted by molar-refractivity contribution is 0.0946. The number of aromatic nitrogens is 1. The van der Waals surface area contributed by atoms with E-state index in [1.165, 1.54) is 0 Å². The number of pyridine rings is 1. The van der Waals surface area contributed by atoms with Gasteiger partial charge in [-0.2, -0.15) is 0 Å². The number of nitrogens with one attached hydrogen (secondary N) is 2. The van der Waals surface area contributed by atoms with Crippen LogP contribution in [0.2, 0.25) is 0 Å². The number of ether oxygens (including phenoxy) is 2. The molecule has 2 heterocycles. The van der Waals surface area contributed by atoms with E-state index in [-0.39, 0.29) is 12.7 Å². The van der Waals surface area contributed by atoms with Crippen molar-refractivity contribution in [3.63, 3.8) is 0 Å². The quantitative estimate of drug-likeness (QED) is 0.704. The summed E-state index contributed by atoms with van der Waals surface area (Å²) in [5, 5.41) is 6.19. The van der Waals surface area contributed by atoms with E-state index in [1.54, 1.807) is 12.3 Å². The van der Waals surface area contributed by atoms with Gasteiger partial charge in [-0.05, 0) is 35.4 Å². The van der Waals surface area contributed by atoms with Crippen molar-refractivity contribution in [2.45, 2.75) is 13.1 Å². The Morgan fingerprint density at radius 1 is 0.926 bits per heavy atom. The monoisotopic (exact) mass is 361 g/mol. The first-order chi connectivity index (χ1) is 13.3. The Bertz CT molecular complexity index is 944. The number of anilines is 1. The lowest BCUT2D eigenvalue weighted by atomic mass is 10.2. The van der Waals surface area contributed by atoms with Crippen LogP contribution in [0.1, 0.15) is 21.6 Å². The van der Waals surface area contributed by atoms with Crippen LogP contribution in [0.5, 0.6) is 11.5 Å². The lowest BCUT2D eigenvalue weighted by Crippen LogP contribution is -2.23. The summed E-state index contributed by atoms with van der Waals surface area (Å²) in [7, 11) is 0. The number of hydrogen-bond donors (Lipinski definition) is 2. The molecule has 1 aliphatic rings. The van der Waals surface area contributed by atoms with Gasteiger partial charge in [0.05, 0.1) is 0 Å². The Labute approximate surface area is 157 Å². The standard InChI is InChI=1S/C21H19N3O3/c25-21(24-12-15-4-2-1-3-5-15)18-11-17(8-9-22-18)23-13-16-6-7-19-20(10-16)27-14-26-19/h1-11H,12-14H2,(H,22,23)(H,24,25). The minimum Gasteiger partial charge on any atom is -0.454 e. The largest absolute Gasteiger partial charge is 0.454 e. The highest BCUT2D eigenvalue weighted by atomic mass is 16.7. The van der Waals surface area contributed by atoms with Gasteiger partial charge >= 0.3 is 0 Å². The average molecular weight is 361 g/mol. The molecule has 136 valence electrons. The van der Waals surface area contributed by atoms with Gasteiger partial charge in [0.1, 0.15) is 5.69 Å². The second-order valence-corrected chi connectivity index (χ2v) is 6.14. The molecule has 0 saturated heterocycles. The Morgan fingerprint density at radius 2 is 1.78 bits per heavy atom. The molecule has 2 aromatic carbocycles. The van der Waals surface area contributed by atoms with Crippen LogP contribution in [0.3, 0.4) is 0 Å². The lowest BCUT2D eigenvalue weighted by Gasteiger charge is -2.09. The van der Waals surface area contributed by atoms with Crippen LogP contribution >= 0.6 is 0 Å². The van der Waals surface area contributed by atoms with Gasteiger partial charge in [-0.25, -0.2) is 0 Å². The van der Waals surface area contributed by atoms with Crippen LogP contribution in [-0.4, -0.2) is 17.7 Å². The first kappa shape index (κ1) is 16.9. The van der Waals surface area contributed by atoms with E-state index in [9.17, 15) is 4.79 Å². The molecule has 1 aromatic heterocycles. The SMILES string of the molecule is O=C(NCc1ccccc1)c1cc(NCc2ccc3c(c2)OCO3)ccn1. The normalized spacial score (nSPS) is 11.9. The van der Waals surface area contributed by atoms with Crippen LogP contribution in [0.25, 0.3) is 0 Å². The van der Waals surface area contributed by atoms with E-state index >= 15 is 0 Å². The maximum atomic E-state index is 12.3. The van der Waals surface area contributed by atoms with Crippen LogP contribution < -0.4 is 20.1 Å². The predicted molar refractivity (Wildman–Crippen MR) is 102 cm³/mol. The molecular weight excluding hydrogens is 342 g/mol. The summed E-state index contributed by atoms with van der Waals surface area (Å²) in [6, 6.07) is 19.2. The molecule has 3 aromatic rings. The molecule has 6 heteroatoms. The molecular formula is C21H19N3O3. The third-order valence-corrected chi connectivity index (χ3v) is 4.22. The number of hydrogen-bond acceptors (Lipinski definition) is 5. The zero-order chi connectivity index (χ0) is 18.5. The number of nitrogens with zero attached hydrogens (tertiary/aromatic N) is 1. The fraction of sp³-hybridized carbons (Fsp3) is 0.143. The first-order valence-electron chi connectivity index (χ1n) is 8.68. The van der Waals surface area contributed by atoms with E-state index in [1.807, 2.05) is 54.6 Å². The molecule has 0 saturated carbocycles. The molecule has 4 rings (SSSR count). The van der Waals surface area contributed by atoms with E-state index < -0.39 is 0 Å². The summed E-state index contributed by atoms with van der Waals surface area (Å²) in [6.45, 7) is 1.33. The molecule has 0 aliphatic carbocycles. The summed E-state index contributed by atoms with van der Waals surface area (Å²) >= 11 is 0. The summed E-state index contributed by atoms with van der Waals surface area (Å²) in [5.41, 5.74) is 3.31. The smallest absolute Gasteiger partial charge is 0.270 e. The molecule has 0 radical (unpaired) electrons. The Balaban J connectivity index is 1.36. The van der Waals surface area contributed by atoms with Crippen molar-refractivity contribution in [2.24, 2.45) is 0 Å². The highest BCUT2D eigenvalue weighted by Crippen LogP contribution is 2.32. The molecule has 0 spiro atoms. The summed E-state index contributed by atoms with van der Waals surface area (Å²) in [6.07, 6.45) is 1.62. The average Bonchev–Trinajstić information content (AvgIpc) is 3.19. The number of rotatable bonds is 6. The highest BCUT2D eigenvalue weighted by molar-refractivity contribution is 5.93. The zero-order valence-electron chi connectivity index (χ0n) is 14.6. The van der Waals surface area contributed by atoms with E-state index in [0.29, 0.717) is 18.8 Å². The third-order valence-electron chi connectivity index (χ3n) is 4.22. The number of benzene rings is 2. The van der Waals surface area contributed by atoms with Gasteiger partial charge in [-0.3, -0.25) is 9.78 Å². The molecule has 6 nitrogen and oxygen atoms in total. The zero-order valence-corrected chi connectivity index (χ0v) is 14.6. The molecule has 0 unspecified atom stereocenters. The minimum atomic E-state index is -0.203. The topological polar surface area (TPSA) is 72.5 Å². The molecule has 0 atom stereocenters. The van der Waals surface area contributed by atoms with Crippen LogP contribution in [0.15, 0.2) is 66.9 Å². The van der Waals surface area contributed by atoms with E-state index in [4.69, 9.17) is 9.47 Å². The van der Waals surface area contributed by atoms with Crippen molar-refractivity contribution in [1.29, 1.82) is 0 Å². The van der Waals surface area contributed by atoms with E-state index in [0.717, 1.165) is 28.3 Å². The molecule has 1 aliphatic heterocycles. The summed E-state index contributed by atoms with van der Waals surface area (Å²) in [5.74, 6) is 1.32. The van der Waals surface area contributed by atoms with Crippen LogP contribution in [-0.2, 0) is 13.1 Å². The molecule has 1 amide bonds. The number of carbonyl (C=O) groups excluding carboxylic acids is 1. The van der Waals surface area contributed by atoms with Gasteiger partial charge in [-0.15, -0.1) is 0 Å². The van der Waals surface area contributed by atoms with Gasteiger partial charge < -0.3 is 20.1 Å². The summed E-state index contributed by atoms with van der Waals surface area (Å²) < 4.78 is 10.7. The second-order valence-electron chi connectivity index (χ2n) is 6.14. The minimum absolute atomic E-state index is 0.203. The second kappa shape index (κ2) is 7.78. The fourth-order valence-electron chi connectivity index (χ4n) is 2.79. The van der Waals surface area contributed by atoms with Crippen molar-refractivity contribution >= 4 is 11.6 Å². The first-order valence-corrected chi connectivity index (χ1v) is 8.68. The maximum Gasteiger partial charge on any atom is 0.270 e. The third kappa shape index (κ3) is 4.17. The van der Waals surface area contributed by atoms with Gasteiger partial charge in [-0.1, -0.05) is 36.4 Å². The fourth-order valence-corrected chi connectivity index (χ4v) is 2.79. The number of amides is 1. The van der Waals surface area contributed by atoms with Crippen molar-refractivity contribution in [2.75, 3.05) is 12.1 Å². The van der Waals surface area contributed by atoms with Crippen LogP contribution in [0.4, 0.5) is 5.69 Å². The number of carbonyl (C=O) groups is 1. The molecule has 27 heavy (non-hydrogen) atoms. The highest BCUT2D eigenvalue weighted by Gasteiger charge is 2.13. The van der Waals surface area contributed by atoms with Crippen LogP contribution in [0, 0.1) is 0 Å². The van der Waals surface area contributed by atoms with Gasteiger partial charge in [0, 0.05) is 25.0 Å². The summed E-state index contributed by atoms with van der Waals surface area (Å²) in [4.78, 5) is 16.5. The van der Waals surface area contributed by atoms with Crippen molar-refractivity contribution in [3.8, 4) is 11.5 Å². The number of fused-ring (bicyclic) bond motifs is 1. The Hall–Kier alpha value is -3.54. The van der Waals surface area contributed by atoms with Crippen molar-refractivity contribution in [3.05, 3.63) is 83.7 Å². The van der Waals surface area contributed by atoms with Crippen molar-refractivity contribution < 1.29 is 14.3 Å². The molecule has 2 N–H and O–H groups in total. The van der Waals surface area contributed by atoms with Gasteiger partial charge in [0.25, 0.3) is 5.91 Å². The Morgan fingerprint density at radius 3 is 2.67 bits per heavy atom. The van der Waals surface area contributed by atoms with Crippen molar-refractivity contribution in [1.82, 2.24) is 10.3 Å². The van der Waals surface area contributed by atoms with Gasteiger partial charge in [0.15, 0.2) is 11.5 Å². The maximum absolute atomic E-state index is 12.3.